The third-order valence-electron chi connectivity index (χ3n) is 5.80. The van der Waals surface area contributed by atoms with Crippen LogP contribution in [0.4, 0.5) is 5.82 Å². The zero-order valence-electron chi connectivity index (χ0n) is 16.2. The maximum absolute atomic E-state index is 5.30. The van der Waals surface area contributed by atoms with E-state index in [1.54, 1.807) is 13.4 Å². The predicted octanol–water partition coefficient (Wildman–Crippen LogP) is 2.99. The fourth-order valence-electron chi connectivity index (χ4n) is 4.26. The van der Waals surface area contributed by atoms with Gasteiger partial charge >= 0.3 is 0 Å². The Labute approximate surface area is 164 Å². The maximum Gasteiger partial charge on any atom is 0.218 e. The lowest BCUT2D eigenvalue weighted by atomic mass is 10.0. The molecular formula is C21H26N6O. The summed E-state index contributed by atoms with van der Waals surface area (Å²) in [6.07, 6.45) is 6.41. The van der Waals surface area contributed by atoms with E-state index in [2.05, 4.69) is 36.9 Å². The average molecular weight is 378 g/mol. The smallest absolute Gasteiger partial charge is 0.218 e. The minimum absolute atomic E-state index is 0.527. The van der Waals surface area contributed by atoms with E-state index < -0.39 is 0 Å². The molecule has 0 radical (unpaired) electrons. The number of piperidine rings is 1. The summed E-state index contributed by atoms with van der Waals surface area (Å²) in [6.45, 7) is 3.03. The van der Waals surface area contributed by atoms with Crippen LogP contribution in [-0.4, -0.2) is 57.1 Å². The number of H-pyrrole nitrogens is 1. The molecule has 0 bridgehead atoms. The number of imidazole rings is 1. The summed E-state index contributed by atoms with van der Waals surface area (Å²) in [4.78, 5) is 21.9. The summed E-state index contributed by atoms with van der Waals surface area (Å²) in [5.41, 5.74) is 2.16. The van der Waals surface area contributed by atoms with E-state index >= 15 is 0 Å². The van der Waals surface area contributed by atoms with Gasteiger partial charge in [0.05, 0.1) is 24.7 Å². The Morgan fingerprint density at radius 1 is 1.11 bits per heavy atom. The number of anilines is 1. The van der Waals surface area contributed by atoms with Gasteiger partial charge in [0.1, 0.15) is 18.0 Å². The van der Waals surface area contributed by atoms with Crippen molar-refractivity contribution in [1.82, 2.24) is 24.8 Å². The molecular weight excluding hydrogens is 352 g/mol. The number of aromatic amines is 1. The van der Waals surface area contributed by atoms with E-state index in [1.807, 2.05) is 18.2 Å². The minimum atomic E-state index is 0.527. The summed E-state index contributed by atoms with van der Waals surface area (Å²) in [5, 5.41) is 0. The highest BCUT2D eigenvalue weighted by Gasteiger charge is 2.36. The van der Waals surface area contributed by atoms with Crippen LogP contribution in [0.25, 0.3) is 11.0 Å². The highest BCUT2D eigenvalue weighted by molar-refractivity contribution is 5.74. The van der Waals surface area contributed by atoms with Gasteiger partial charge in [-0.05, 0) is 37.8 Å². The van der Waals surface area contributed by atoms with Gasteiger partial charge in [0.15, 0.2) is 0 Å². The van der Waals surface area contributed by atoms with Crippen molar-refractivity contribution in [3.8, 4) is 5.88 Å². The standard InChI is InChI=1S/C21H26N6O/c1-28-21-12-20(22-14-23-21)27(15-6-7-15)16-8-10-26(11-9-16)13-19-24-17-4-2-3-5-18(17)25-19/h2-5,12,14-16H,6-11,13H2,1H3,(H,24,25). The van der Waals surface area contributed by atoms with Crippen LogP contribution in [0.2, 0.25) is 0 Å². The number of hydrogen-bond donors (Lipinski definition) is 1. The summed E-state index contributed by atoms with van der Waals surface area (Å²) < 4.78 is 5.30. The number of para-hydroxylation sites is 2. The molecule has 3 heterocycles. The SMILES string of the molecule is COc1cc(N(C2CC2)C2CCN(Cc3nc4ccccc4[nH]3)CC2)ncn1. The lowest BCUT2D eigenvalue weighted by molar-refractivity contribution is 0.197. The first kappa shape index (κ1) is 17.4. The molecule has 1 saturated heterocycles. The minimum Gasteiger partial charge on any atom is -0.481 e. The zero-order valence-corrected chi connectivity index (χ0v) is 16.2. The second-order valence-electron chi connectivity index (χ2n) is 7.76. The Balaban J connectivity index is 1.25. The van der Waals surface area contributed by atoms with Gasteiger partial charge in [-0.25, -0.2) is 15.0 Å². The van der Waals surface area contributed by atoms with Crippen LogP contribution < -0.4 is 9.64 Å². The van der Waals surface area contributed by atoms with E-state index in [1.165, 1.54) is 12.8 Å². The molecule has 1 aliphatic carbocycles. The van der Waals surface area contributed by atoms with Gasteiger partial charge in [-0.15, -0.1) is 0 Å². The number of nitrogens with zero attached hydrogens (tertiary/aromatic N) is 5. The van der Waals surface area contributed by atoms with E-state index in [-0.39, 0.29) is 0 Å². The Morgan fingerprint density at radius 3 is 2.64 bits per heavy atom. The number of rotatable bonds is 6. The van der Waals surface area contributed by atoms with Gasteiger partial charge in [0.25, 0.3) is 0 Å². The molecule has 1 N–H and O–H groups in total. The highest BCUT2D eigenvalue weighted by atomic mass is 16.5. The second-order valence-corrected chi connectivity index (χ2v) is 7.76. The molecule has 0 atom stereocenters. The third-order valence-corrected chi connectivity index (χ3v) is 5.80. The van der Waals surface area contributed by atoms with Crippen molar-refractivity contribution in [3.05, 3.63) is 42.5 Å². The van der Waals surface area contributed by atoms with Gasteiger partial charge < -0.3 is 14.6 Å². The molecule has 7 heteroatoms. The average Bonchev–Trinajstić information content (AvgIpc) is 3.48. The number of likely N-dealkylation sites (tertiary alicyclic amines) is 1. The summed E-state index contributed by atoms with van der Waals surface area (Å²) in [7, 11) is 1.66. The number of methoxy groups -OCH3 is 1. The lowest BCUT2D eigenvalue weighted by Crippen LogP contribution is -2.46. The Bertz CT molecular complexity index is 912. The Kier molecular flexibility index (Phi) is 4.60. The van der Waals surface area contributed by atoms with Crippen LogP contribution in [-0.2, 0) is 6.54 Å². The third kappa shape index (κ3) is 3.54. The van der Waals surface area contributed by atoms with Crippen LogP contribution in [0.15, 0.2) is 36.7 Å². The molecule has 1 aliphatic heterocycles. The van der Waals surface area contributed by atoms with Crippen molar-refractivity contribution in [3.63, 3.8) is 0 Å². The van der Waals surface area contributed by atoms with E-state index in [9.17, 15) is 0 Å². The first-order chi connectivity index (χ1) is 13.8. The highest BCUT2D eigenvalue weighted by Crippen LogP contribution is 2.36. The van der Waals surface area contributed by atoms with Crippen LogP contribution in [0, 0.1) is 0 Å². The van der Waals surface area contributed by atoms with Crippen molar-refractivity contribution < 1.29 is 4.74 Å². The van der Waals surface area contributed by atoms with Crippen molar-refractivity contribution in [2.45, 2.75) is 44.3 Å². The molecule has 0 amide bonds. The number of aromatic nitrogens is 4. The Hall–Kier alpha value is -2.67. The molecule has 28 heavy (non-hydrogen) atoms. The van der Waals surface area contributed by atoms with Crippen molar-refractivity contribution in [1.29, 1.82) is 0 Å². The zero-order chi connectivity index (χ0) is 18.9. The molecule has 0 unspecified atom stereocenters. The van der Waals surface area contributed by atoms with Crippen molar-refractivity contribution >= 4 is 16.9 Å². The molecule has 1 aromatic carbocycles. The van der Waals surface area contributed by atoms with E-state index in [4.69, 9.17) is 9.72 Å². The number of nitrogens with one attached hydrogen (secondary N) is 1. The number of benzene rings is 1. The summed E-state index contributed by atoms with van der Waals surface area (Å²) in [6, 6.07) is 11.3. The normalized spacial score (nSPS) is 18.5. The van der Waals surface area contributed by atoms with Gasteiger partial charge in [0, 0.05) is 31.2 Å². The second kappa shape index (κ2) is 7.39. The lowest BCUT2D eigenvalue weighted by Gasteiger charge is -2.39. The van der Waals surface area contributed by atoms with Crippen LogP contribution >= 0.6 is 0 Å². The Morgan fingerprint density at radius 2 is 1.89 bits per heavy atom. The molecule has 146 valence electrons. The molecule has 7 nitrogen and oxygen atoms in total. The van der Waals surface area contributed by atoms with Crippen molar-refractivity contribution in [2.75, 3.05) is 25.1 Å². The van der Waals surface area contributed by atoms with E-state index in [0.717, 1.165) is 55.2 Å². The van der Waals surface area contributed by atoms with Gasteiger partial charge in [-0.2, -0.15) is 0 Å². The largest absolute Gasteiger partial charge is 0.481 e. The van der Waals surface area contributed by atoms with E-state index in [0.29, 0.717) is 18.0 Å². The van der Waals surface area contributed by atoms with Crippen LogP contribution in [0.3, 0.4) is 0 Å². The fraction of sp³-hybridized carbons (Fsp3) is 0.476. The molecule has 1 saturated carbocycles. The molecule has 2 aromatic heterocycles. The topological polar surface area (TPSA) is 70.2 Å². The first-order valence-corrected chi connectivity index (χ1v) is 10.1. The predicted molar refractivity (Wildman–Crippen MR) is 108 cm³/mol. The number of fused-ring (bicyclic) bond motifs is 1. The molecule has 2 aliphatic rings. The molecule has 3 aromatic rings. The maximum atomic E-state index is 5.30. The summed E-state index contributed by atoms with van der Waals surface area (Å²) in [5.74, 6) is 2.70. The first-order valence-electron chi connectivity index (χ1n) is 10.1. The molecule has 2 fully saturated rings. The van der Waals surface area contributed by atoms with Gasteiger partial charge in [-0.3, -0.25) is 4.90 Å². The summed E-state index contributed by atoms with van der Waals surface area (Å²) >= 11 is 0. The van der Waals surface area contributed by atoms with Gasteiger partial charge in [0.2, 0.25) is 5.88 Å². The van der Waals surface area contributed by atoms with Crippen LogP contribution in [0.5, 0.6) is 5.88 Å². The molecule has 0 spiro atoms. The van der Waals surface area contributed by atoms with Crippen LogP contribution in [0.1, 0.15) is 31.5 Å². The molecule has 5 rings (SSSR count). The van der Waals surface area contributed by atoms with Crippen molar-refractivity contribution in [2.24, 2.45) is 0 Å². The number of hydrogen-bond acceptors (Lipinski definition) is 6. The monoisotopic (exact) mass is 378 g/mol. The fourth-order valence-corrected chi connectivity index (χ4v) is 4.26. The number of ether oxygens (including phenoxy) is 1. The quantitative estimate of drug-likeness (QED) is 0.711. The van der Waals surface area contributed by atoms with Gasteiger partial charge in [-0.1, -0.05) is 12.1 Å².